The molecule has 92 valence electrons. The molecule has 0 fully saturated rings. The molecular weight excluding hydrogens is 245 g/mol. The van der Waals surface area contributed by atoms with Crippen molar-refractivity contribution in [2.24, 2.45) is 0 Å². The van der Waals surface area contributed by atoms with Crippen LogP contribution >= 0.6 is 12.6 Å². The number of amides is 1. The number of methoxy groups -OCH3 is 1. The Bertz CT molecular complexity index is 425. The van der Waals surface area contributed by atoms with E-state index in [1.165, 1.54) is 31.4 Å². The fourth-order valence-corrected chi connectivity index (χ4v) is 1.44. The third-order valence-electron chi connectivity index (χ3n) is 2.09. The number of thiol groups is 1. The van der Waals surface area contributed by atoms with Gasteiger partial charge in [-0.3, -0.25) is 4.79 Å². The lowest BCUT2D eigenvalue weighted by molar-refractivity contribution is -0.142. The van der Waals surface area contributed by atoms with E-state index in [9.17, 15) is 14.0 Å². The van der Waals surface area contributed by atoms with Crippen LogP contribution in [0.4, 0.5) is 4.39 Å². The van der Waals surface area contributed by atoms with Crippen LogP contribution in [-0.2, 0) is 9.53 Å². The highest BCUT2D eigenvalue weighted by atomic mass is 32.1. The number of halogens is 1. The fourth-order valence-electron chi connectivity index (χ4n) is 1.20. The molecule has 1 amide bonds. The van der Waals surface area contributed by atoms with Crippen molar-refractivity contribution in [3.05, 3.63) is 35.6 Å². The van der Waals surface area contributed by atoms with Gasteiger partial charge in [-0.05, 0) is 12.1 Å². The molecule has 0 radical (unpaired) electrons. The number of benzene rings is 1. The maximum Gasteiger partial charge on any atom is 0.329 e. The smallest absolute Gasteiger partial charge is 0.329 e. The van der Waals surface area contributed by atoms with Crippen LogP contribution in [0.25, 0.3) is 0 Å². The summed E-state index contributed by atoms with van der Waals surface area (Å²) < 4.78 is 17.8. The number of carbonyl (C=O) groups excluding carboxylic acids is 2. The lowest BCUT2D eigenvalue weighted by Crippen LogP contribution is -2.43. The number of rotatable bonds is 4. The van der Waals surface area contributed by atoms with Gasteiger partial charge in [0.25, 0.3) is 5.91 Å². The Morgan fingerprint density at radius 2 is 2.12 bits per heavy atom. The average Bonchev–Trinajstić information content (AvgIpc) is 2.35. The summed E-state index contributed by atoms with van der Waals surface area (Å²) in [6.07, 6.45) is 0. The first kappa shape index (κ1) is 13.5. The largest absolute Gasteiger partial charge is 0.467 e. The monoisotopic (exact) mass is 257 g/mol. The van der Waals surface area contributed by atoms with E-state index in [4.69, 9.17) is 0 Å². The van der Waals surface area contributed by atoms with Crippen molar-refractivity contribution < 1.29 is 18.7 Å². The average molecular weight is 257 g/mol. The van der Waals surface area contributed by atoms with Crippen LogP contribution in [0.1, 0.15) is 10.4 Å². The van der Waals surface area contributed by atoms with Gasteiger partial charge in [-0.2, -0.15) is 12.6 Å². The van der Waals surface area contributed by atoms with Crippen molar-refractivity contribution in [3.63, 3.8) is 0 Å². The van der Waals surface area contributed by atoms with Crippen LogP contribution in [0, 0.1) is 5.82 Å². The Balaban J connectivity index is 2.78. The molecule has 1 N–H and O–H groups in total. The second-order valence-corrected chi connectivity index (χ2v) is 3.58. The van der Waals surface area contributed by atoms with Gasteiger partial charge in [-0.25, -0.2) is 9.18 Å². The zero-order valence-corrected chi connectivity index (χ0v) is 10.0. The second kappa shape index (κ2) is 6.24. The van der Waals surface area contributed by atoms with Crippen molar-refractivity contribution in [2.45, 2.75) is 6.04 Å². The summed E-state index contributed by atoms with van der Waals surface area (Å²) >= 11 is 3.91. The molecule has 0 aliphatic rings. The molecule has 1 aromatic carbocycles. The molecule has 0 bridgehead atoms. The van der Waals surface area contributed by atoms with Crippen LogP contribution in [-0.4, -0.2) is 30.8 Å². The fraction of sp³-hybridized carbons (Fsp3) is 0.273. The predicted octanol–water partition coefficient (Wildman–Crippen LogP) is 1.03. The van der Waals surface area contributed by atoms with Gasteiger partial charge in [-0.1, -0.05) is 12.1 Å². The van der Waals surface area contributed by atoms with Crippen LogP contribution in [0.2, 0.25) is 0 Å². The lowest BCUT2D eigenvalue weighted by atomic mass is 10.2. The van der Waals surface area contributed by atoms with E-state index in [-0.39, 0.29) is 11.3 Å². The SMILES string of the molecule is COC(=O)C(CS)NC(=O)c1ccccc1F. The molecule has 6 heteroatoms. The van der Waals surface area contributed by atoms with E-state index in [1.54, 1.807) is 0 Å². The first-order chi connectivity index (χ1) is 8.10. The number of nitrogens with one attached hydrogen (secondary N) is 1. The Morgan fingerprint density at radius 3 is 2.65 bits per heavy atom. The van der Waals surface area contributed by atoms with E-state index in [0.717, 1.165) is 0 Å². The summed E-state index contributed by atoms with van der Waals surface area (Å²) in [5.41, 5.74) is -0.122. The molecule has 0 aliphatic heterocycles. The molecule has 0 saturated carbocycles. The summed E-state index contributed by atoms with van der Waals surface area (Å²) in [7, 11) is 1.20. The summed E-state index contributed by atoms with van der Waals surface area (Å²) in [6, 6.07) is 4.62. The molecule has 1 atom stereocenters. The number of esters is 1. The molecule has 0 saturated heterocycles. The summed E-state index contributed by atoms with van der Waals surface area (Å²) in [5, 5.41) is 2.34. The zero-order chi connectivity index (χ0) is 12.8. The first-order valence-corrected chi connectivity index (χ1v) is 5.47. The van der Waals surface area contributed by atoms with Crippen molar-refractivity contribution in [2.75, 3.05) is 12.9 Å². The van der Waals surface area contributed by atoms with Gasteiger partial charge in [-0.15, -0.1) is 0 Å². The van der Waals surface area contributed by atoms with Crippen molar-refractivity contribution in [1.82, 2.24) is 5.32 Å². The number of carbonyl (C=O) groups is 2. The Labute approximate surface area is 104 Å². The van der Waals surface area contributed by atoms with E-state index in [2.05, 4.69) is 22.7 Å². The molecule has 0 spiro atoms. The van der Waals surface area contributed by atoms with Crippen LogP contribution in [0.5, 0.6) is 0 Å². The molecule has 1 aromatic rings. The summed E-state index contributed by atoms with van der Waals surface area (Å²) in [6.45, 7) is 0. The minimum Gasteiger partial charge on any atom is -0.467 e. The molecular formula is C11H12FNO3S. The maximum absolute atomic E-state index is 13.3. The van der Waals surface area contributed by atoms with Gasteiger partial charge in [0.1, 0.15) is 11.9 Å². The normalized spacial score (nSPS) is 11.7. The summed E-state index contributed by atoms with van der Waals surface area (Å²) in [4.78, 5) is 22.9. The molecule has 1 rings (SSSR count). The predicted molar refractivity (Wildman–Crippen MR) is 63.5 cm³/mol. The third kappa shape index (κ3) is 3.45. The number of ether oxygens (including phenoxy) is 1. The maximum atomic E-state index is 13.3. The number of hydrogen-bond donors (Lipinski definition) is 2. The highest BCUT2D eigenvalue weighted by Crippen LogP contribution is 2.06. The lowest BCUT2D eigenvalue weighted by Gasteiger charge is -2.14. The quantitative estimate of drug-likeness (QED) is 0.625. The van der Waals surface area contributed by atoms with Gasteiger partial charge in [0.05, 0.1) is 12.7 Å². The van der Waals surface area contributed by atoms with Crippen LogP contribution < -0.4 is 5.32 Å². The molecule has 17 heavy (non-hydrogen) atoms. The molecule has 1 unspecified atom stereocenters. The molecule has 0 aliphatic carbocycles. The highest BCUT2D eigenvalue weighted by molar-refractivity contribution is 7.80. The van der Waals surface area contributed by atoms with Gasteiger partial charge in [0.15, 0.2) is 0 Å². The van der Waals surface area contributed by atoms with Gasteiger partial charge in [0, 0.05) is 5.75 Å². The topological polar surface area (TPSA) is 55.4 Å². The van der Waals surface area contributed by atoms with Gasteiger partial charge in [0.2, 0.25) is 0 Å². The van der Waals surface area contributed by atoms with Crippen LogP contribution in [0.15, 0.2) is 24.3 Å². The molecule has 4 nitrogen and oxygen atoms in total. The number of hydrogen-bond acceptors (Lipinski definition) is 4. The van der Waals surface area contributed by atoms with Crippen molar-refractivity contribution >= 4 is 24.5 Å². The minimum atomic E-state index is -0.893. The van der Waals surface area contributed by atoms with Crippen molar-refractivity contribution in [3.8, 4) is 0 Å². The Morgan fingerprint density at radius 1 is 1.47 bits per heavy atom. The molecule has 0 heterocycles. The molecule has 0 aromatic heterocycles. The standard InChI is InChI=1S/C11H12FNO3S/c1-16-11(15)9(6-17)13-10(14)7-4-2-3-5-8(7)12/h2-5,9,17H,6H2,1H3,(H,13,14). The van der Waals surface area contributed by atoms with Gasteiger partial charge >= 0.3 is 5.97 Å². The first-order valence-electron chi connectivity index (χ1n) is 4.84. The van der Waals surface area contributed by atoms with E-state index >= 15 is 0 Å². The van der Waals surface area contributed by atoms with Crippen molar-refractivity contribution in [1.29, 1.82) is 0 Å². The van der Waals surface area contributed by atoms with E-state index in [0.29, 0.717) is 0 Å². The highest BCUT2D eigenvalue weighted by Gasteiger charge is 2.21. The zero-order valence-electron chi connectivity index (χ0n) is 9.14. The third-order valence-corrected chi connectivity index (χ3v) is 2.46. The van der Waals surface area contributed by atoms with Crippen LogP contribution in [0.3, 0.4) is 0 Å². The van der Waals surface area contributed by atoms with Gasteiger partial charge < -0.3 is 10.1 Å². The minimum absolute atomic E-state index is 0.0763. The Hall–Kier alpha value is -1.56. The summed E-state index contributed by atoms with van der Waals surface area (Å²) in [5.74, 6) is -1.86. The van der Waals surface area contributed by atoms with E-state index < -0.39 is 23.7 Å². The Kier molecular flexibility index (Phi) is 4.96. The van der Waals surface area contributed by atoms with E-state index in [1.807, 2.05) is 0 Å². The second-order valence-electron chi connectivity index (χ2n) is 3.21.